The normalized spacial score (nSPS) is 12.2. The van der Waals surface area contributed by atoms with Gasteiger partial charge in [0.25, 0.3) is 0 Å². The van der Waals surface area contributed by atoms with Gasteiger partial charge in [0.2, 0.25) is 0 Å². The Morgan fingerprint density at radius 1 is 1.07 bits per heavy atom. The molecule has 0 saturated carbocycles. The van der Waals surface area contributed by atoms with Gasteiger partial charge in [-0.15, -0.1) is 0 Å². The smallest absolute Gasteiger partial charge is 0.186 e. The van der Waals surface area contributed by atoms with Crippen molar-refractivity contribution in [3.05, 3.63) is 102 Å². The van der Waals surface area contributed by atoms with Crippen LogP contribution in [0.15, 0.2) is 79.3 Å². The van der Waals surface area contributed by atoms with E-state index in [-0.39, 0.29) is 5.78 Å². The maximum Gasteiger partial charge on any atom is 0.186 e. The van der Waals surface area contributed by atoms with Gasteiger partial charge in [0.15, 0.2) is 5.78 Å². The highest BCUT2D eigenvalue weighted by atomic mass is 16.1. The van der Waals surface area contributed by atoms with Crippen molar-refractivity contribution in [1.29, 1.82) is 0 Å². The molecule has 2 aromatic heterocycles. The van der Waals surface area contributed by atoms with Gasteiger partial charge in [-0.3, -0.25) is 9.78 Å². The second-order valence-electron chi connectivity index (χ2n) is 7.02. The van der Waals surface area contributed by atoms with Gasteiger partial charge in [-0.25, -0.2) is 0 Å². The molecule has 4 aromatic rings. The molecule has 0 radical (unpaired) electrons. The van der Waals surface area contributed by atoms with Crippen LogP contribution in [0.1, 0.15) is 33.1 Å². The van der Waals surface area contributed by atoms with E-state index in [0.717, 1.165) is 22.9 Å². The molecule has 0 aliphatic carbocycles. The number of hydrogen-bond acceptors (Lipinski definition) is 3. The molecule has 1 atom stereocenters. The summed E-state index contributed by atoms with van der Waals surface area (Å²) >= 11 is 0. The fraction of sp³-hybridized carbons (Fsp3) is 0.167. The number of benzene rings is 2. The summed E-state index contributed by atoms with van der Waals surface area (Å²) in [6, 6.07) is 19.8. The Hall–Kier alpha value is -3.24. The minimum atomic E-state index is -0.432. The van der Waals surface area contributed by atoms with Gasteiger partial charge in [0, 0.05) is 41.6 Å². The number of fused-ring (bicyclic) bond motifs is 1. The zero-order chi connectivity index (χ0) is 19.3. The number of aromatic nitrogens is 2. The van der Waals surface area contributed by atoms with E-state index in [2.05, 4.69) is 46.5 Å². The highest BCUT2D eigenvalue weighted by molar-refractivity contribution is 6.10. The third kappa shape index (κ3) is 3.87. The number of pyridine rings is 1. The van der Waals surface area contributed by atoms with E-state index in [0.29, 0.717) is 12.1 Å². The number of aryl methyl sites for hydroxylation is 1. The maximum atomic E-state index is 13.4. The topological polar surface area (TPSA) is 57.8 Å². The molecule has 0 aliphatic heterocycles. The Bertz CT molecular complexity index is 1070. The zero-order valence-electron chi connectivity index (χ0n) is 15.9. The van der Waals surface area contributed by atoms with Crippen molar-refractivity contribution in [2.45, 2.75) is 19.4 Å². The van der Waals surface area contributed by atoms with Crippen molar-refractivity contribution < 1.29 is 4.79 Å². The largest absolute Gasteiger partial charge is 0.360 e. The molecule has 4 nitrogen and oxygen atoms in total. The fourth-order valence-electron chi connectivity index (χ4n) is 3.46. The Kier molecular flexibility index (Phi) is 5.31. The number of carbonyl (C=O) groups is 1. The third-order valence-corrected chi connectivity index (χ3v) is 5.02. The van der Waals surface area contributed by atoms with Gasteiger partial charge >= 0.3 is 0 Å². The predicted octanol–water partition coefficient (Wildman–Crippen LogP) is 4.63. The average molecular weight is 369 g/mol. The molecule has 0 saturated heterocycles. The van der Waals surface area contributed by atoms with Crippen LogP contribution in [0.2, 0.25) is 0 Å². The first-order valence-corrected chi connectivity index (χ1v) is 9.51. The number of rotatable bonds is 7. The monoisotopic (exact) mass is 369 g/mol. The van der Waals surface area contributed by atoms with Gasteiger partial charge in [0.1, 0.15) is 0 Å². The van der Waals surface area contributed by atoms with Crippen LogP contribution in [0.3, 0.4) is 0 Å². The summed E-state index contributed by atoms with van der Waals surface area (Å²) in [4.78, 5) is 20.8. The van der Waals surface area contributed by atoms with E-state index in [1.807, 2.05) is 36.4 Å². The fourth-order valence-corrected chi connectivity index (χ4v) is 3.46. The molecule has 2 N–H and O–H groups in total. The van der Waals surface area contributed by atoms with Crippen LogP contribution in [-0.4, -0.2) is 22.3 Å². The van der Waals surface area contributed by atoms with Crippen molar-refractivity contribution in [2.24, 2.45) is 0 Å². The molecular weight excluding hydrogens is 346 g/mol. The molecule has 28 heavy (non-hydrogen) atoms. The SMILES string of the molecule is Cc1ccc(CCNC(C(=O)c2c[nH]c3ccccc23)c2cccnc2)cc1. The first-order valence-electron chi connectivity index (χ1n) is 9.51. The Balaban J connectivity index is 1.57. The van der Waals surface area contributed by atoms with E-state index in [1.165, 1.54) is 11.1 Å². The van der Waals surface area contributed by atoms with Crippen LogP contribution in [0.25, 0.3) is 10.9 Å². The number of aromatic amines is 1. The van der Waals surface area contributed by atoms with Crippen LogP contribution < -0.4 is 5.32 Å². The number of H-pyrrole nitrogens is 1. The van der Waals surface area contributed by atoms with Gasteiger partial charge in [-0.2, -0.15) is 0 Å². The summed E-state index contributed by atoms with van der Waals surface area (Å²) in [5, 5.41) is 4.39. The molecule has 4 heteroatoms. The molecule has 4 rings (SSSR count). The number of ketones is 1. The Labute approximate surface area is 164 Å². The maximum absolute atomic E-state index is 13.4. The summed E-state index contributed by atoms with van der Waals surface area (Å²) in [5.41, 5.74) is 5.05. The molecule has 0 bridgehead atoms. The molecular formula is C24H23N3O. The number of Topliss-reactive ketones (excluding diaryl/α,β-unsaturated/α-hetero) is 1. The van der Waals surface area contributed by atoms with Crippen LogP contribution in [0.5, 0.6) is 0 Å². The van der Waals surface area contributed by atoms with Gasteiger partial charge in [-0.05, 0) is 36.6 Å². The molecule has 2 heterocycles. The highest BCUT2D eigenvalue weighted by Crippen LogP contribution is 2.24. The van der Waals surface area contributed by atoms with Crippen molar-refractivity contribution in [3.8, 4) is 0 Å². The highest BCUT2D eigenvalue weighted by Gasteiger charge is 2.24. The lowest BCUT2D eigenvalue weighted by Gasteiger charge is -2.18. The molecule has 140 valence electrons. The quantitative estimate of drug-likeness (QED) is 0.467. The van der Waals surface area contributed by atoms with Crippen LogP contribution >= 0.6 is 0 Å². The third-order valence-electron chi connectivity index (χ3n) is 5.02. The van der Waals surface area contributed by atoms with Crippen molar-refractivity contribution >= 4 is 16.7 Å². The molecule has 0 fully saturated rings. The lowest BCUT2D eigenvalue weighted by atomic mass is 9.98. The summed E-state index contributed by atoms with van der Waals surface area (Å²) in [6.45, 7) is 2.79. The van der Waals surface area contributed by atoms with Crippen molar-refractivity contribution in [2.75, 3.05) is 6.54 Å². The lowest BCUT2D eigenvalue weighted by Crippen LogP contribution is -2.30. The number of nitrogens with zero attached hydrogens (tertiary/aromatic N) is 1. The van der Waals surface area contributed by atoms with Gasteiger partial charge < -0.3 is 10.3 Å². The summed E-state index contributed by atoms with van der Waals surface area (Å²) in [7, 11) is 0. The van der Waals surface area contributed by atoms with Gasteiger partial charge in [-0.1, -0.05) is 54.1 Å². The number of para-hydroxylation sites is 1. The molecule has 2 aromatic carbocycles. The zero-order valence-corrected chi connectivity index (χ0v) is 15.9. The number of hydrogen-bond donors (Lipinski definition) is 2. The van der Waals surface area contributed by atoms with Crippen molar-refractivity contribution in [3.63, 3.8) is 0 Å². The van der Waals surface area contributed by atoms with E-state index >= 15 is 0 Å². The standard InChI is InChI=1S/C24H23N3O/c1-17-8-10-18(11-9-17)12-14-26-23(19-5-4-13-25-15-19)24(28)21-16-27-22-7-3-2-6-20(21)22/h2-11,13,15-16,23,26-27H,12,14H2,1H3. The first kappa shape index (κ1) is 18.1. The van der Waals surface area contributed by atoms with Crippen LogP contribution in [0, 0.1) is 6.92 Å². The minimum Gasteiger partial charge on any atom is -0.360 e. The first-order chi connectivity index (χ1) is 13.7. The van der Waals surface area contributed by atoms with E-state index < -0.39 is 6.04 Å². The average Bonchev–Trinajstić information content (AvgIpc) is 3.17. The minimum absolute atomic E-state index is 0.0503. The van der Waals surface area contributed by atoms with E-state index in [9.17, 15) is 4.79 Å². The van der Waals surface area contributed by atoms with Crippen LogP contribution in [0.4, 0.5) is 0 Å². The van der Waals surface area contributed by atoms with Gasteiger partial charge in [0.05, 0.1) is 6.04 Å². The Morgan fingerprint density at radius 3 is 2.68 bits per heavy atom. The number of nitrogens with one attached hydrogen (secondary N) is 2. The summed E-state index contributed by atoms with van der Waals surface area (Å²) in [6.07, 6.45) is 6.15. The molecule has 0 aliphatic rings. The predicted molar refractivity (Wildman–Crippen MR) is 112 cm³/mol. The van der Waals surface area contributed by atoms with Crippen molar-refractivity contribution in [1.82, 2.24) is 15.3 Å². The molecule has 0 amide bonds. The lowest BCUT2D eigenvalue weighted by molar-refractivity contribution is 0.0944. The second-order valence-corrected chi connectivity index (χ2v) is 7.02. The summed E-state index contributed by atoms with van der Waals surface area (Å²) in [5.74, 6) is 0.0503. The Morgan fingerprint density at radius 2 is 1.89 bits per heavy atom. The van der Waals surface area contributed by atoms with E-state index in [4.69, 9.17) is 0 Å². The molecule has 1 unspecified atom stereocenters. The number of carbonyl (C=O) groups excluding carboxylic acids is 1. The summed E-state index contributed by atoms with van der Waals surface area (Å²) < 4.78 is 0. The molecule has 0 spiro atoms. The second kappa shape index (κ2) is 8.19. The van der Waals surface area contributed by atoms with E-state index in [1.54, 1.807) is 18.6 Å². The van der Waals surface area contributed by atoms with Crippen LogP contribution in [-0.2, 0) is 6.42 Å².